The van der Waals surface area contributed by atoms with Crippen molar-refractivity contribution < 1.29 is 4.39 Å². The van der Waals surface area contributed by atoms with E-state index >= 15 is 0 Å². The highest BCUT2D eigenvalue weighted by Crippen LogP contribution is 2.10. The van der Waals surface area contributed by atoms with Crippen LogP contribution in [0, 0.1) is 19.7 Å². The minimum absolute atomic E-state index is 0.188. The fourth-order valence-corrected chi connectivity index (χ4v) is 1.72. The molecule has 3 nitrogen and oxygen atoms in total. The second kappa shape index (κ2) is 5.10. The van der Waals surface area contributed by atoms with E-state index in [0.717, 1.165) is 28.9 Å². The zero-order valence-electron chi connectivity index (χ0n) is 10.0. The molecule has 1 aromatic heterocycles. The topological polar surface area (TPSA) is 40.7 Å². The van der Waals surface area contributed by atoms with Crippen molar-refractivity contribution in [3.63, 3.8) is 0 Å². The molecule has 0 saturated heterocycles. The summed E-state index contributed by atoms with van der Waals surface area (Å²) in [6, 6.07) is 4.86. The summed E-state index contributed by atoms with van der Waals surface area (Å²) in [4.78, 5) is 0. The lowest BCUT2D eigenvalue weighted by Gasteiger charge is -2.07. The van der Waals surface area contributed by atoms with Crippen LogP contribution >= 0.6 is 0 Å². The van der Waals surface area contributed by atoms with E-state index in [9.17, 15) is 4.39 Å². The number of H-pyrrole nitrogens is 1. The first-order chi connectivity index (χ1) is 8.16. The van der Waals surface area contributed by atoms with Crippen LogP contribution in [0.15, 0.2) is 24.4 Å². The van der Waals surface area contributed by atoms with Crippen molar-refractivity contribution >= 4 is 0 Å². The van der Waals surface area contributed by atoms with Crippen LogP contribution in [0.4, 0.5) is 4.39 Å². The van der Waals surface area contributed by atoms with E-state index < -0.39 is 0 Å². The van der Waals surface area contributed by atoms with Gasteiger partial charge in [-0.1, -0.05) is 6.07 Å². The molecule has 0 aliphatic carbocycles. The molecule has 2 N–H and O–H groups in total. The molecule has 0 aliphatic rings. The third-order valence-corrected chi connectivity index (χ3v) is 2.88. The fourth-order valence-electron chi connectivity index (χ4n) is 1.72. The first-order valence-electron chi connectivity index (χ1n) is 5.61. The smallest absolute Gasteiger partial charge is 0.123 e. The first kappa shape index (κ1) is 11.8. The molecule has 2 aromatic rings. The normalized spacial score (nSPS) is 10.8. The molecule has 1 heterocycles. The molecule has 0 spiro atoms. The Hall–Kier alpha value is -1.68. The number of nitrogens with zero attached hydrogens (tertiary/aromatic N) is 1. The van der Waals surface area contributed by atoms with Crippen LogP contribution in [0.5, 0.6) is 0 Å². The van der Waals surface area contributed by atoms with Gasteiger partial charge in [-0.3, -0.25) is 5.10 Å². The monoisotopic (exact) mass is 233 g/mol. The van der Waals surface area contributed by atoms with Crippen LogP contribution in [0.1, 0.15) is 22.4 Å². The summed E-state index contributed by atoms with van der Waals surface area (Å²) < 4.78 is 13.1. The van der Waals surface area contributed by atoms with Crippen molar-refractivity contribution in [2.24, 2.45) is 0 Å². The molecule has 1 aromatic carbocycles. The van der Waals surface area contributed by atoms with Crippen LogP contribution < -0.4 is 5.32 Å². The Kier molecular flexibility index (Phi) is 3.54. The summed E-state index contributed by atoms with van der Waals surface area (Å²) in [5, 5.41) is 10.1. The Bertz CT molecular complexity index is 505. The van der Waals surface area contributed by atoms with E-state index in [2.05, 4.69) is 15.5 Å². The van der Waals surface area contributed by atoms with Crippen molar-refractivity contribution in [3.05, 3.63) is 52.6 Å². The highest BCUT2D eigenvalue weighted by molar-refractivity contribution is 5.26. The van der Waals surface area contributed by atoms with Crippen molar-refractivity contribution in [1.29, 1.82) is 0 Å². The molecule has 2 rings (SSSR count). The number of nitrogens with one attached hydrogen (secondary N) is 2. The van der Waals surface area contributed by atoms with E-state index in [1.807, 2.05) is 13.8 Å². The van der Waals surface area contributed by atoms with Gasteiger partial charge in [-0.2, -0.15) is 5.10 Å². The van der Waals surface area contributed by atoms with Crippen LogP contribution in [0.25, 0.3) is 0 Å². The zero-order chi connectivity index (χ0) is 12.3. The van der Waals surface area contributed by atoms with E-state index in [-0.39, 0.29) is 5.82 Å². The lowest BCUT2D eigenvalue weighted by Crippen LogP contribution is -2.14. The highest BCUT2D eigenvalue weighted by atomic mass is 19.1. The van der Waals surface area contributed by atoms with Gasteiger partial charge in [0.1, 0.15) is 5.82 Å². The van der Waals surface area contributed by atoms with Crippen LogP contribution in [0.3, 0.4) is 0 Å². The number of halogens is 1. The molecule has 17 heavy (non-hydrogen) atoms. The van der Waals surface area contributed by atoms with Gasteiger partial charge in [-0.05, 0) is 37.1 Å². The molecule has 0 bridgehead atoms. The SMILES string of the molecule is Cc1ccc(F)cc1CNCc1cn[nH]c1C. The quantitative estimate of drug-likeness (QED) is 0.851. The standard InChI is InChI=1S/C13H16FN3/c1-9-3-4-13(14)5-11(9)6-15-7-12-8-16-17-10(12)2/h3-5,8,15H,6-7H2,1-2H3,(H,16,17). The van der Waals surface area contributed by atoms with Crippen LogP contribution in [-0.2, 0) is 13.1 Å². The molecule has 0 atom stereocenters. The molecule has 4 heteroatoms. The summed E-state index contributed by atoms with van der Waals surface area (Å²) in [6.07, 6.45) is 1.81. The lowest BCUT2D eigenvalue weighted by molar-refractivity contribution is 0.618. The summed E-state index contributed by atoms with van der Waals surface area (Å²) in [7, 11) is 0. The maximum absolute atomic E-state index is 13.1. The minimum atomic E-state index is -0.188. The largest absolute Gasteiger partial charge is 0.308 e. The van der Waals surface area contributed by atoms with Crippen molar-refractivity contribution in [3.8, 4) is 0 Å². The molecule has 0 aliphatic heterocycles. The van der Waals surface area contributed by atoms with E-state index in [1.165, 1.54) is 6.07 Å². The molecule has 0 radical (unpaired) electrons. The highest BCUT2D eigenvalue weighted by Gasteiger charge is 2.02. The Labute approximate surface area is 100 Å². The third kappa shape index (κ3) is 2.91. The van der Waals surface area contributed by atoms with Crippen molar-refractivity contribution in [2.45, 2.75) is 26.9 Å². The predicted octanol–water partition coefficient (Wildman–Crippen LogP) is 2.46. The molecule has 0 saturated carbocycles. The molecule has 0 unspecified atom stereocenters. The Morgan fingerprint density at radius 3 is 2.71 bits per heavy atom. The second-order valence-corrected chi connectivity index (χ2v) is 4.19. The van der Waals surface area contributed by atoms with E-state index in [4.69, 9.17) is 0 Å². The van der Waals surface area contributed by atoms with Crippen molar-refractivity contribution in [2.75, 3.05) is 0 Å². The maximum atomic E-state index is 13.1. The molecule has 0 amide bonds. The second-order valence-electron chi connectivity index (χ2n) is 4.19. The maximum Gasteiger partial charge on any atom is 0.123 e. The number of benzene rings is 1. The summed E-state index contributed by atoms with van der Waals surface area (Å²) in [5.74, 6) is -0.188. The molecule has 90 valence electrons. The number of aryl methyl sites for hydroxylation is 2. The van der Waals surface area contributed by atoms with Crippen molar-refractivity contribution in [1.82, 2.24) is 15.5 Å². The molecular formula is C13H16FN3. The Morgan fingerprint density at radius 1 is 1.24 bits per heavy atom. The van der Waals surface area contributed by atoms with Gasteiger partial charge in [0, 0.05) is 24.3 Å². The zero-order valence-corrected chi connectivity index (χ0v) is 10.0. The first-order valence-corrected chi connectivity index (χ1v) is 5.61. The molecule has 0 fully saturated rings. The van der Waals surface area contributed by atoms with Gasteiger partial charge in [0.2, 0.25) is 0 Å². The predicted molar refractivity (Wildman–Crippen MR) is 65.0 cm³/mol. The third-order valence-electron chi connectivity index (χ3n) is 2.88. The van der Waals surface area contributed by atoms with Crippen LogP contribution in [0.2, 0.25) is 0 Å². The van der Waals surface area contributed by atoms with E-state index in [0.29, 0.717) is 6.54 Å². The van der Waals surface area contributed by atoms with Gasteiger partial charge in [-0.25, -0.2) is 4.39 Å². The molecular weight excluding hydrogens is 217 g/mol. The van der Waals surface area contributed by atoms with Gasteiger partial charge in [0.05, 0.1) is 6.20 Å². The summed E-state index contributed by atoms with van der Waals surface area (Å²) in [6.45, 7) is 5.36. The van der Waals surface area contributed by atoms with Gasteiger partial charge >= 0.3 is 0 Å². The minimum Gasteiger partial charge on any atom is -0.308 e. The lowest BCUT2D eigenvalue weighted by atomic mass is 10.1. The van der Waals surface area contributed by atoms with Gasteiger partial charge in [0.25, 0.3) is 0 Å². The number of rotatable bonds is 4. The number of hydrogen-bond donors (Lipinski definition) is 2. The van der Waals surface area contributed by atoms with Crippen LogP contribution in [-0.4, -0.2) is 10.2 Å². The van der Waals surface area contributed by atoms with Gasteiger partial charge < -0.3 is 5.32 Å². The number of hydrogen-bond acceptors (Lipinski definition) is 2. The van der Waals surface area contributed by atoms with Gasteiger partial charge in [0.15, 0.2) is 0 Å². The fraction of sp³-hybridized carbons (Fsp3) is 0.308. The average Bonchev–Trinajstić information content (AvgIpc) is 2.70. The van der Waals surface area contributed by atoms with E-state index in [1.54, 1.807) is 18.3 Å². The Morgan fingerprint density at radius 2 is 2.00 bits per heavy atom. The Balaban J connectivity index is 1.94. The number of aromatic nitrogens is 2. The summed E-state index contributed by atoms with van der Waals surface area (Å²) in [5.41, 5.74) is 4.29. The average molecular weight is 233 g/mol. The summed E-state index contributed by atoms with van der Waals surface area (Å²) >= 11 is 0. The van der Waals surface area contributed by atoms with Gasteiger partial charge in [-0.15, -0.1) is 0 Å². The number of aromatic amines is 1.